The number of carbonyl (C=O) groups excluding carboxylic acids is 3. The van der Waals surface area contributed by atoms with Crippen LogP contribution in [0.1, 0.15) is 48.1 Å². The van der Waals surface area contributed by atoms with Crippen LogP contribution in [-0.4, -0.2) is 48.6 Å². The van der Waals surface area contributed by atoms with Crippen molar-refractivity contribution in [1.82, 2.24) is 0 Å². The van der Waals surface area contributed by atoms with Gasteiger partial charge in [-0.3, -0.25) is 24.5 Å². The molecule has 0 N–H and O–H groups in total. The summed E-state index contributed by atoms with van der Waals surface area (Å²) >= 11 is 0. The summed E-state index contributed by atoms with van der Waals surface area (Å²) < 4.78 is 11.4. The molecule has 1 saturated heterocycles. The van der Waals surface area contributed by atoms with Gasteiger partial charge in [-0.25, -0.2) is 0 Å². The Morgan fingerprint density at radius 3 is 2.25 bits per heavy atom. The molecule has 0 bridgehead atoms. The van der Waals surface area contributed by atoms with Gasteiger partial charge < -0.3 is 14.4 Å². The zero-order valence-electron chi connectivity index (χ0n) is 23.8. The summed E-state index contributed by atoms with van der Waals surface area (Å²) in [4.78, 5) is 57.5. The van der Waals surface area contributed by atoms with Gasteiger partial charge in [-0.05, 0) is 29.8 Å². The number of nitrogens with zero attached hydrogens (tertiary/aromatic N) is 2. The molecule has 3 atom stereocenters. The van der Waals surface area contributed by atoms with Crippen LogP contribution in [0.15, 0.2) is 97.1 Å². The Bertz CT molecular complexity index is 1890. The number of ether oxygens (including phenoxy) is 2. The molecule has 4 aromatic rings. The highest BCUT2D eigenvalue weighted by Crippen LogP contribution is 2.62. The molecule has 1 spiro atoms. The van der Waals surface area contributed by atoms with Crippen molar-refractivity contribution in [2.45, 2.75) is 18.0 Å². The number of ketones is 3. The number of methoxy groups -OCH3 is 2. The first-order valence-electron chi connectivity index (χ1n) is 14.1. The van der Waals surface area contributed by atoms with Gasteiger partial charge in [0.25, 0.3) is 5.69 Å². The normalized spacial score (nSPS) is 20.7. The van der Waals surface area contributed by atoms with E-state index in [1.807, 2.05) is 41.3 Å². The van der Waals surface area contributed by atoms with Gasteiger partial charge in [0.05, 0.1) is 25.2 Å². The Morgan fingerprint density at radius 2 is 1.57 bits per heavy atom. The van der Waals surface area contributed by atoms with E-state index >= 15 is 0 Å². The number of carbonyl (C=O) groups is 3. The van der Waals surface area contributed by atoms with E-state index in [-0.39, 0.29) is 22.8 Å². The van der Waals surface area contributed by atoms with Gasteiger partial charge in [0, 0.05) is 46.0 Å². The molecule has 0 amide bonds. The maximum Gasteiger partial charge on any atom is 0.270 e. The fourth-order valence-corrected chi connectivity index (χ4v) is 7.29. The molecule has 1 aliphatic carbocycles. The van der Waals surface area contributed by atoms with Crippen LogP contribution >= 0.6 is 0 Å². The van der Waals surface area contributed by atoms with Crippen molar-refractivity contribution in [3.05, 3.63) is 135 Å². The number of Topliss-reactive ketones (excluding diaryl/α,β-unsaturated/α-hetero) is 3. The topological polar surface area (TPSA) is 116 Å². The second kappa shape index (κ2) is 10.0. The number of non-ortho nitro benzene ring substituents is 1. The van der Waals surface area contributed by atoms with E-state index in [0.717, 1.165) is 5.56 Å². The zero-order valence-corrected chi connectivity index (χ0v) is 23.8. The van der Waals surface area contributed by atoms with Crippen LogP contribution in [-0.2, 0) is 0 Å². The van der Waals surface area contributed by atoms with Crippen molar-refractivity contribution in [3.8, 4) is 11.5 Å². The maximum atomic E-state index is 14.9. The third kappa shape index (κ3) is 3.62. The minimum Gasteiger partial charge on any atom is -0.497 e. The monoisotopic (exact) mass is 586 g/mol. The molecule has 2 aliphatic heterocycles. The molecule has 7 rings (SSSR count). The molecule has 9 nitrogen and oxygen atoms in total. The second-order valence-electron chi connectivity index (χ2n) is 11.0. The van der Waals surface area contributed by atoms with Crippen LogP contribution < -0.4 is 14.4 Å². The lowest BCUT2D eigenvalue weighted by atomic mass is 9.64. The van der Waals surface area contributed by atoms with Gasteiger partial charge in [0.1, 0.15) is 23.0 Å². The predicted octanol–water partition coefficient (Wildman–Crippen LogP) is 5.93. The van der Waals surface area contributed by atoms with Crippen LogP contribution in [0.5, 0.6) is 11.5 Å². The van der Waals surface area contributed by atoms with Gasteiger partial charge in [-0.15, -0.1) is 0 Å². The van der Waals surface area contributed by atoms with Gasteiger partial charge in [-0.2, -0.15) is 0 Å². The van der Waals surface area contributed by atoms with E-state index in [4.69, 9.17) is 9.47 Å². The zero-order chi connectivity index (χ0) is 30.7. The lowest BCUT2D eigenvalue weighted by Gasteiger charge is -2.37. The number of anilines is 1. The van der Waals surface area contributed by atoms with E-state index in [9.17, 15) is 24.5 Å². The van der Waals surface area contributed by atoms with Crippen LogP contribution in [0.25, 0.3) is 6.08 Å². The number of hydrogen-bond donors (Lipinski definition) is 0. The smallest absolute Gasteiger partial charge is 0.270 e. The standard InChI is InChI=1S/C35H26N2O7/c1-43-23-15-16-28(44-2)26(19-23)30-31(32(38)21-9-7-10-22(18-21)37(41)42)36-27-13-6-3-8-20(27)14-17-29(36)35(30)33(39)24-11-4-5-12-25(24)34(35)40/h3-19,29-31H,1-2H3/t29-,30-,31-/m1/s1. The lowest BCUT2D eigenvalue weighted by molar-refractivity contribution is -0.384. The fraction of sp³-hybridized carbons (Fsp3) is 0.171. The highest BCUT2D eigenvalue weighted by atomic mass is 16.6. The van der Waals surface area contributed by atoms with Gasteiger partial charge in [-0.1, -0.05) is 66.7 Å². The predicted molar refractivity (Wildman–Crippen MR) is 163 cm³/mol. The average Bonchev–Trinajstić information content (AvgIpc) is 3.50. The first-order chi connectivity index (χ1) is 21.3. The Morgan fingerprint density at radius 1 is 0.864 bits per heavy atom. The number of nitro groups is 1. The summed E-state index contributed by atoms with van der Waals surface area (Å²) in [5.41, 5.74) is 0.609. The van der Waals surface area contributed by atoms with Crippen LogP contribution in [0.3, 0.4) is 0 Å². The summed E-state index contributed by atoms with van der Waals surface area (Å²) in [5, 5.41) is 11.7. The molecule has 218 valence electrons. The van der Waals surface area contributed by atoms with E-state index in [1.54, 1.807) is 42.5 Å². The molecule has 4 aromatic carbocycles. The van der Waals surface area contributed by atoms with Crippen molar-refractivity contribution < 1.29 is 28.8 Å². The van der Waals surface area contributed by atoms with E-state index in [2.05, 4.69) is 0 Å². The Labute approximate surface area is 252 Å². The first kappa shape index (κ1) is 27.3. The van der Waals surface area contributed by atoms with Crippen molar-refractivity contribution in [2.24, 2.45) is 5.41 Å². The van der Waals surface area contributed by atoms with Crippen LogP contribution in [0, 0.1) is 15.5 Å². The molecule has 0 unspecified atom stereocenters. The van der Waals surface area contributed by atoms with Crippen molar-refractivity contribution in [3.63, 3.8) is 0 Å². The number of nitro benzene ring substituents is 1. The quantitative estimate of drug-likeness (QED) is 0.118. The van der Waals surface area contributed by atoms with Crippen LogP contribution in [0.4, 0.5) is 11.4 Å². The fourth-order valence-electron chi connectivity index (χ4n) is 7.29. The van der Waals surface area contributed by atoms with Crippen LogP contribution in [0.2, 0.25) is 0 Å². The molecule has 44 heavy (non-hydrogen) atoms. The molecule has 0 saturated carbocycles. The highest BCUT2D eigenvalue weighted by molar-refractivity contribution is 6.32. The lowest BCUT2D eigenvalue weighted by Crippen LogP contribution is -2.48. The summed E-state index contributed by atoms with van der Waals surface area (Å²) in [6.07, 6.45) is 3.70. The minimum atomic E-state index is -1.76. The van der Waals surface area contributed by atoms with E-state index in [1.165, 1.54) is 38.5 Å². The minimum absolute atomic E-state index is 0.0920. The maximum absolute atomic E-state index is 14.9. The molecule has 0 radical (unpaired) electrons. The number of rotatable bonds is 6. The average molecular weight is 587 g/mol. The second-order valence-corrected chi connectivity index (χ2v) is 11.0. The number of benzene rings is 4. The summed E-state index contributed by atoms with van der Waals surface area (Å²) in [6.45, 7) is 0. The largest absolute Gasteiger partial charge is 0.497 e. The number of hydrogen-bond acceptors (Lipinski definition) is 8. The Balaban J connectivity index is 1.58. The Kier molecular flexibility index (Phi) is 6.21. The van der Waals surface area contributed by atoms with Crippen molar-refractivity contribution in [1.29, 1.82) is 0 Å². The molecule has 2 heterocycles. The number of fused-ring (bicyclic) bond motifs is 5. The van der Waals surface area contributed by atoms with Gasteiger partial charge in [0.2, 0.25) is 0 Å². The third-order valence-corrected chi connectivity index (χ3v) is 9.10. The number of para-hydroxylation sites is 1. The first-order valence-corrected chi connectivity index (χ1v) is 14.1. The molecular formula is C35H26N2O7. The summed E-state index contributed by atoms with van der Waals surface area (Å²) in [5.74, 6) is -1.48. The highest BCUT2D eigenvalue weighted by Gasteiger charge is 2.72. The SMILES string of the molecule is COc1ccc(OC)c([C@@H]2[C@H](C(=O)c3cccc([N+](=O)[O-])c3)N3c4ccccc4C=C[C@@H]3C23C(=O)c2ccccc2C3=O)c1. The third-order valence-electron chi connectivity index (χ3n) is 9.10. The molecule has 0 aromatic heterocycles. The van der Waals surface area contributed by atoms with Crippen molar-refractivity contribution >= 4 is 34.8 Å². The van der Waals surface area contributed by atoms with E-state index in [0.29, 0.717) is 33.9 Å². The van der Waals surface area contributed by atoms with Gasteiger partial charge >= 0.3 is 0 Å². The molecular weight excluding hydrogens is 560 g/mol. The molecule has 3 aliphatic rings. The van der Waals surface area contributed by atoms with E-state index < -0.39 is 34.1 Å². The molecule has 9 heteroatoms. The Hall–Kier alpha value is -5.57. The van der Waals surface area contributed by atoms with Gasteiger partial charge in [0.15, 0.2) is 17.3 Å². The molecule has 1 fully saturated rings. The summed E-state index contributed by atoms with van der Waals surface area (Å²) in [7, 11) is 2.99. The van der Waals surface area contributed by atoms with Crippen molar-refractivity contribution in [2.75, 3.05) is 19.1 Å². The summed E-state index contributed by atoms with van der Waals surface area (Å²) in [6, 6.07) is 22.8.